The van der Waals surface area contributed by atoms with Gasteiger partial charge in [-0.1, -0.05) is 19.1 Å². The smallest absolute Gasteiger partial charge is 0.143 e. The summed E-state index contributed by atoms with van der Waals surface area (Å²) in [7, 11) is 1.71. The van der Waals surface area contributed by atoms with Crippen molar-refractivity contribution in [3.63, 3.8) is 0 Å². The fourth-order valence-corrected chi connectivity index (χ4v) is 4.01. The third-order valence-electron chi connectivity index (χ3n) is 4.38. The number of hydrogen-bond donors (Lipinski definition) is 1. The minimum absolute atomic E-state index is 0.841. The van der Waals surface area contributed by atoms with Crippen LogP contribution in [0.3, 0.4) is 0 Å². The number of rotatable bonds is 4. The van der Waals surface area contributed by atoms with Crippen molar-refractivity contribution in [2.45, 2.75) is 18.7 Å². The van der Waals surface area contributed by atoms with Gasteiger partial charge in [0.1, 0.15) is 11.4 Å². The molecule has 0 aliphatic heterocycles. The maximum absolute atomic E-state index is 5.58. The van der Waals surface area contributed by atoms with Crippen LogP contribution in [0.15, 0.2) is 53.6 Å². The molecule has 0 fully saturated rings. The van der Waals surface area contributed by atoms with Gasteiger partial charge in [-0.25, -0.2) is 4.98 Å². The van der Waals surface area contributed by atoms with Crippen molar-refractivity contribution in [1.82, 2.24) is 9.97 Å². The van der Waals surface area contributed by atoms with E-state index in [1.807, 2.05) is 24.0 Å². The normalized spacial score (nSPS) is 11.3. The number of methoxy groups -OCH3 is 1. The summed E-state index contributed by atoms with van der Waals surface area (Å²) in [5, 5.41) is 2.31. The number of thioether (sulfide) groups is 1. The van der Waals surface area contributed by atoms with Crippen LogP contribution in [0.25, 0.3) is 33.1 Å². The number of aromatic amines is 1. The van der Waals surface area contributed by atoms with Crippen LogP contribution >= 0.6 is 11.8 Å². The molecule has 0 radical (unpaired) electrons. The molecule has 0 aliphatic rings. The van der Waals surface area contributed by atoms with Crippen molar-refractivity contribution in [3.05, 3.63) is 54.2 Å². The van der Waals surface area contributed by atoms with Crippen LogP contribution in [0.5, 0.6) is 5.75 Å². The van der Waals surface area contributed by atoms with Gasteiger partial charge >= 0.3 is 0 Å². The van der Waals surface area contributed by atoms with Gasteiger partial charge in [0.05, 0.1) is 12.6 Å². The monoisotopic (exact) mass is 348 g/mol. The number of hydrogen-bond acceptors (Lipinski definition) is 3. The van der Waals surface area contributed by atoms with Gasteiger partial charge in [0, 0.05) is 21.9 Å². The molecule has 0 saturated heterocycles. The van der Waals surface area contributed by atoms with Gasteiger partial charge < -0.3 is 9.72 Å². The van der Waals surface area contributed by atoms with Crippen LogP contribution in [0.2, 0.25) is 0 Å². The highest BCUT2D eigenvalue weighted by Gasteiger charge is 2.15. The lowest BCUT2D eigenvalue weighted by molar-refractivity contribution is 0.419. The van der Waals surface area contributed by atoms with Crippen LogP contribution in [-0.2, 0) is 0 Å². The Morgan fingerprint density at radius 3 is 2.84 bits per heavy atom. The number of fused-ring (bicyclic) bond motifs is 3. The highest BCUT2D eigenvalue weighted by Crippen LogP contribution is 2.39. The summed E-state index contributed by atoms with van der Waals surface area (Å²) in [6.45, 7) is 4.25. The van der Waals surface area contributed by atoms with Crippen LogP contribution < -0.4 is 4.74 Å². The van der Waals surface area contributed by atoms with Gasteiger partial charge in [0.2, 0.25) is 0 Å². The lowest BCUT2D eigenvalue weighted by Gasteiger charge is -2.09. The molecule has 2 aromatic carbocycles. The lowest BCUT2D eigenvalue weighted by Crippen LogP contribution is -1.87. The number of nitrogens with one attached hydrogen (secondary N) is 1. The minimum Gasteiger partial charge on any atom is -0.495 e. The molecule has 0 saturated carbocycles. The van der Waals surface area contributed by atoms with Crippen molar-refractivity contribution in [2.24, 2.45) is 0 Å². The number of benzene rings is 2. The second-order valence-corrected chi connectivity index (χ2v) is 7.40. The molecule has 0 unspecified atom stereocenters. The lowest BCUT2D eigenvalue weighted by atomic mass is 9.99. The molecular formula is C21H20N2OS. The van der Waals surface area contributed by atoms with Crippen LogP contribution in [0.4, 0.5) is 0 Å². The molecule has 0 bridgehead atoms. The molecule has 2 heterocycles. The Balaban J connectivity index is 2.05. The number of pyridine rings is 1. The summed E-state index contributed by atoms with van der Waals surface area (Å²) in [4.78, 5) is 9.28. The number of ether oxygens (including phenoxy) is 1. The second-order valence-electron chi connectivity index (χ2n) is 6.06. The zero-order chi connectivity index (χ0) is 17.4. The Morgan fingerprint density at radius 2 is 2.04 bits per heavy atom. The van der Waals surface area contributed by atoms with E-state index in [-0.39, 0.29) is 0 Å². The Bertz CT molecular complexity index is 1070. The van der Waals surface area contributed by atoms with E-state index in [9.17, 15) is 0 Å². The topological polar surface area (TPSA) is 37.9 Å². The van der Waals surface area contributed by atoms with Crippen LogP contribution in [-0.4, -0.2) is 22.8 Å². The molecule has 4 heteroatoms. The molecule has 2 aromatic heterocycles. The number of aromatic nitrogens is 2. The molecular weight excluding hydrogens is 328 g/mol. The first-order chi connectivity index (χ1) is 12.2. The van der Waals surface area contributed by atoms with E-state index in [4.69, 9.17) is 4.74 Å². The van der Waals surface area contributed by atoms with Gasteiger partial charge in [-0.2, -0.15) is 0 Å². The van der Waals surface area contributed by atoms with E-state index in [1.165, 1.54) is 21.4 Å². The van der Waals surface area contributed by atoms with Gasteiger partial charge in [-0.05, 0) is 59.7 Å². The Kier molecular flexibility index (Phi) is 4.14. The zero-order valence-corrected chi connectivity index (χ0v) is 15.4. The average molecular weight is 348 g/mol. The Labute approximate surface area is 151 Å². The summed E-state index contributed by atoms with van der Waals surface area (Å²) in [5.74, 6) is 1.91. The number of nitrogens with zero attached hydrogens (tertiary/aromatic N) is 1. The highest BCUT2D eigenvalue weighted by molar-refractivity contribution is 7.99. The molecule has 3 nitrogen and oxygen atoms in total. The van der Waals surface area contributed by atoms with Gasteiger partial charge in [0.25, 0.3) is 0 Å². The molecule has 25 heavy (non-hydrogen) atoms. The maximum atomic E-state index is 5.58. The fourth-order valence-electron chi connectivity index (χ4n) is 3.30. The summed E-state index contributed by atoms with van der Waals surface area (Å²) < 4.78 is 5.58. The fraction of sp³-hybridized carbons (Fsp3) is 0.190. The molecule has 0 amide bonds. The summed E-state index contributed by atoms with van der Waals surface area (Å²) in [5.41, 5.74) is 5.46. The predicted octanol–water partition coefficient (Wildman–Crippen LogP) is 5.81. The molecule has 4 aromatic rings. The summed E-state index contributed by atoms with van der Waals surface area (Å²) >= 11 is 1.86. The zero-order valence-electron chi connectivity index (χ0n) is 14.6. The van der Waals surface area contributed by atoms with E-state index in [1.54, 1.807) is 7.11 Å². The van der Waals surface area contributed by atoms with E-state index in [0.29, 0.717) is 0 Å². The Morgan fingerprint density at radius 1 is 1.16 bits per heavy atom. The first-order valence-electron chi connectivity index (χ1n) is 8.39. The number of aryl methyl sites for hydroxylation is 1. The van der Waals surface area contributed by atoms with E-state index in [2.05, 4.69) is 60.2 Å². The van der Waals surface area contributed by atoms with Crippen molar-refractivity contribution < 1.29 is 4.74 Å². The maximum Gasteiger partial charge on any atom is 0.143 e. The average Bonchev–Trinajstić information content (AvgIpc) is 3.00. The molecule has 1 N–H and O–H groups in total. The van der Waals surface area contributed by atoms with E-state index in [0.717, 1.165) is 33.6 Å². The Hall–Kier alpha value is -2.46. The largest absolute Gasteiger partial charge is 0.495 e. The van der Waals surface area contributed by atoms with Crippen molar-refractivity contribution in [1.29, 1.82) is 0 Å². The van der Waals surface area contributed by atoms with Gasteiger partial charge in [-0.15, -0.1) is 11.8 Å². The molecule has 0 atom stereocenters. The van der Waals surface area contributed by atoms with Gasteiger partial charge in [-0.3, -0.25) is 0 Å². The van der Waals surface area contributed by atoms with Crippen LogP contribution in [0.1, 0.15) is 12.5 Å². The third kappa shape index (κ3) is 2.76. The first kappa shape index (κ1) is 16.0. The second kappa shape index (κ2) is 6.45. The third-order valence-corrected chi connectivity index (χ3v) is 5.26. The molecule has 4 rings (SSSR count). The summed E-state index contributed by atoms with van der Waals surface area (Å²) in [6, 6.07) is 15.1. The van der Waals surface area contributed by atoms with E-state index < -0.39 is 0 Å². The molecule has 0 aliphatic carbocycles. The van der Waals surface area contributed by atoms with Crippen molar-refractivity contribution >= 4 is 33.7 Å². The summed E-state index contributed by atoms with van der Waals surface area (Å²) in [6.07, 6.45) is 1.89. The predicted molar refractivity (Wildman–Crippen MR) is 107 cm³/mol. The molecule has 126 valence electrons. The van der Waals surface area contributed by atoms with E-state index >= 15 is 0 Å². The first-order valence-corrected chi connectivity index (χ1v) is 9.38. The quantitative estimate of drug-likeness (QED) is 0.473. The highest BCUT2D eigenvalue weighted by atomic mass is 32.2. The van der Waals surface area contributed by atoms with Crippen molar-refractivity contribution in [3.8, 4) is 16.9 Å². The number of H-pyrrole nitrogens is 1. The SMILES string of the molecule is CCSc1cccc(-c2ccc(OC)c3[nH]c4ncc(C)cc4c23)c1. The van der Waals surface area contributed by atoms with Gasteiger partial charge in [0.15, 0.2) is 0 Å². The minimum atomic E-state index is 0.841. The molecule has 0 spiro atoms. The van der Waals surface area contributed by atoms with Crippen LogP contribution in [0, 0.1) is 6.92 Å². The standard InChI is InChI=1S/C21H20N2OS/c1-4-25-15-7-5-6-14(11-15)16-8-9-18(24-3)20-19(16)17-10-13(2)12-22-21(17)23-20/h5-12H,4H2,1-3H3,(H,22,23). The van der Waals surface area contributed by atoms with Crippen molar-refractivity contribution in [2.75, 3.05) is 12.9 Å².